The molecule has 168 valence electrons. The highest BCUT2D eigenvalue weighted by molar-refractivity contribution is 7.89. The highest BCUT2D eigenvalue weighted by atomic mass is 32.2. The summed E-state index contributed by atoms with van der Waals surface area (Å²) in [6, 6.07) is 15.9. The van der Waals surface area contributed by atoms with Crippen molar-refractivity contribution in [3.05, 3.63) is 65.7 Å². The van der Waals surface area contributed by atoms with E-state index in [1.807, 2.05) is 31.2 Å². The predicted octanol–water partition coefficient (Wildman–Crippen LogP) is 2.41. The van der Waals surface area contributed by atoms with Gasteiger partial charge in [0.2, 0.25) is 10.0 Å². The van der Waals surface area contributed by atoms with Crippen LogP contribution in [0, 0.1) is 6.92 Å². The molecule has 1 aliphatic heterocycles. The number of morpholine rings is 1. The van der Waals surface area contributed by atoms with Crippen LogP contribution >= 0.6 is 0 Å². The molecule has 1 aromatic heterocycles. The van der Waals surface area contributed by atoms with E-state index in [1.165, 1.54) is 0 Å². The molecule has 3 aromatic rings. The SMILES string of the molecule is Cc1ccc(S(=O)(=O)NCCNc2cc(C(=O)N3CCOCC3)c3ccccc3n2)cc1. The van der Waals surface area contributed by atoms with Gasteiger partial charge in [-0.3, -0.25) is 4.79 Å². The third-order valence-corrected chi connectivity index (χ3v) is 6.78. The quantitative estimate of drug-likeness (QED) is 0.532. The number of anilines is 1. The van der Waals surface area contributed by atoms with E-state index in [2.05, 4.69) is 15.0 Å². The normalized spacial score (nSPS) is 14.5. The van der Waals surface area contributed by atoms with Gasteiger partial charge in [-0.15, -0.1) is 0 Å². The van der Waals surface area contributed by atoms with E-state index in [-0.39, 0.29) is 17.3 Å². The number of aryl methyl sites for hydroxylation is 1. The van der Waals surface area contributed by atoms with Crippen LogP contribution in [-0.2, 0) is 14.8 Å². The summed E-state index contributed by atoms with van der Waals surface area (Å²) in [5, 5.41) is 3.92. The molecule has 2 aromatic carbocycles. The third-order valence-electron chi connectivity index (χ3n) is 5.30. The summed E-state index contributed by atoms with van der Waals surface area (Å²) in [5.74, 6) is 0.463. The fourth-order valence-corrected chi connectivity index (χ4v) is 4.59. The number of amides is 1. The van der Waals surface area contributed by atoms with Gasteiger partial charge in [-0.05, 0) is 31.2 Å². The molecular weight excluding hydrogens is 428 g/mol. The lowest BCUT2D eigenvalue weighted by Gasteiger charge is -2.27. The van der Waals surface area contributed by atoms with Crippen molar-refractivity contribution in [2.75, 3.05) is 44.7 Å². The number of ether oxygens (including phenoxy) is 1. The Morgan fingerprint density at radius 2 is 1.78 bits per heavy atom. The van der Waals surface area contributed by atoms with E-state index in [9.17, 15) is 13.2 Å². The van der Waals surface area contributed by atoms with Crippen LogP contribution in [0.15, 0.2) is 59.5 Å². The average Bonchev–Trinajstić information content (AvgIpc) is 2.82. The van der Waals surface area contributed by atoms with E-state index < -0.39 is 10.0 Å². The van der Waals surface area contributed by atoms with Crippen molar-refractivity contribution >= 4 is 32.7 Å². The van der Waals surface area contributed by atoms with Crippen molar-refractivity contribution in [3.63, 3.8) is 0 Å². The summed E-state index contributed by atoms with van der Waals surface area (Å²) in [7, 11) is -3.59. The van der Waals surface area contributed by atoms with Crippen molar-refractivity contribution < 1.29 is 17.9 Å². The van der Waals surface area contributed by atoms with Crippen molar-refractivity contribution in [1.29, 1.82) is 0 Å². The van der Waals surface area contributed by atoms with E-state index in [1.54, 1.807) is 35.2 Å². The number of carbonyl (C=O) groups excluding carboxylic acids is 1. The Morgan fingerprint density at radius 3 is 2.53 bits per heavy atom. The first-order valence-corrected chi connectivity index (χ1v) is 12.0. The molecule has 2 N–H and O–H groups in total. The van der Waals surface area contributed by atoms with Crippen molar-refractivity contribution in [2.45, 2.75) is 11.8 Å². The van der Waals surface area contributed by atoms with E-state index in [0.29, 0.717) is 49.7 Å². The minimum absolute atomic E-state index is 0.0602. The second kappa shape index (κ2) is 9.64. The van der Waals surface area contributed by atoms with Gasteiger partial charge in [-0.1, -0.05) is 35.9 Å². The number of hydrogen-bond donors (Lipinski definition) is 2. The largest absolute Gasteiger partial charge is 0.378 e. The smallest absolute Gasteiger partial charge is 0.254 e. The van der Waals surface area contributed by atoms with Gasteiger partial charge in [0.25, 0.3) is 5.91 Å². The molecule has 0 saturated carbocycles. The van der Waals surface area contributed by atoms with Gasteiger partial charge in [0.05, 0.1) is 29.2 Å². The molecule has 32 heavy (non-hydrogen) atoms. The number of para-hydroxylation sites is 1. The monoisotopic (exact) mass is 454 g/mol. The molecule has 0 unspecified atom stereocenters. The van der Waals surface area contributed by atoms with Crippen LogP contribution in [0.25, 0.3) is 10.9 Å². The number of benzene rings is 2. The Morgan fingerprint density at radius 1 is 1.06 bits per heavy atom. The molecule has 0 spiro atoms. The fourth-order valence-electron chi connectivity index (χ4n) is 3.56. The molecule has 4 rings (SSSR count). The Hall–Kier alpha value is -3.01. The van der Waals surface area contributed by atoms with Gasteiger partial charge in [0.1, 0.15) is 5.82 Å². The molecule has 8 nitrogen and oxygen atoms in total. The molecule has 1 fully saturated rings. The zero-order valence-corrected chi connectivity index (χ0v) is 18.7. The number of aromatic nitrogens is 1. The first-order valence-electron chi connectivity index (χ1n) is 10.5. The van der Waals surface area contributed by atoms with Crippen LogP contribution in [0.1, 0.15) is 15.9 Å². The topological polar surface area (TPSA) is 101 Å². The zero-order chi connectivity index (χ0) is 22.6. The van der Waals surface area contributed by atoms with Gasteiger partial charge in [-0.2, -0.15) is 0 Å². The number of nitrogens with one attached hydrogen (secondary N) is 2. The van der Waals surface area contributed by atoms with Crippen LogP contribution in [0.4, 0.5) is 5.82 Å². The molecule has 1 saturated heterocycles. The Bertz CT molecular complexity index is 1210. The van der Waals surface area contributed by atoms with Gasteiger partial charge in [0, 0.05) is 31.6 Å². The number of fused-ring (bicyclic) bond motifs is 1. The standard InChI is InChI=1S/C23H26N4O4S/c1-17-6-8-18(9-7-17)32(29,30)25-11-10-24-22-16-20(19-4-2-3-5-21(19)26-22)23(28)27-12-14-31-15-13-27/h2-9,16,25H,10-15H2,1H3,(H,24,26). The van der Waals surface area contributed by atoms with E-state index in [4.69, 9.17) is 4.74 Å². The third kappa shape index (κ3) is 5.07. The van der Waals surface area contributed by atoms with E-state index >= 15 is 0 Å². The maximum absolute atomic E-state index is 13.1. The van der Waals surface area contributed by atoms with Crippen LogP contribution in [0.3, 0.4) is 0 Å². The van der Waals surface area contributed by atoms with Gasteiger partial charge in [0.15, 0.2) is 0 Å². The molecule has 9 heteroatoms. The molecule has 1 amide bonds. The second-order valence-corrected chi connectivity index (χ2v) is 9.38. The van der Waals surface area contributed by atoms with Crippen LogP contribution < -0.4 is 10.0 Å². The first-order chi connectivity index (χ1) is 15.4. The summed E-state index contributed by atoms with van der Waals surface area (Å²) in [5.41, 5.74) is 2.27. The maximum atomic E-state index is 13.1. The Kier molecular flexibility index (Phi) is 6.69. The summed E-state index contributed by atoms with van der Waals surface area (Å²) in [4.78, 5) is 19.7. The lowest BCUT2D eigenvalue weighted by molar-refractivity contribution is 0.0304. The molecule has 0 aliphatic carbocycles. The number of sulfonamides is 1. The highest BCUT2D eigenvalue weighted by Gasteiger charge is 2.21. The maximum Gasteiger partial charge on any atom is 0.254 e. The minimum atomic E-state index is -3.59. The Balaban J connectivity index is 1.46. The molecule has 1 aliphatic rings. The van der Waals surface area contributed by atoms with Crippen LogP contribution in [0.5, 0.6) is 0 Å². The molecule has 0 atom stereocenters. The van der Waals surface area contributed by atoms with E-state index in [0.717, 1.165) is 10.9 Å². The molecule has 0 radical (unpaired) electrons. The molecular formula is C23H26N4O4S. The van der Waals surface area contributed by atoms with Crippen LogP contribution in [-0.4, -0.2) is 63.6 Å². The average molecular weight is 455 g/mol. The number of rotatable bonds is 7. The second-order valence-electron chi connectivity index (χ2n) is 7.61. The van der Waals surface area contributed by atoms with Crippen molar-refractivity contribution in [3.8, 4) is 0 Å². The Labute approximate surface area is 187 Å². The van der Waals surface area contributed by atoms with Crippen molar-refractivity contribution in [1.82, 2.24) is 14.6 Å². The fraction of sp³-hybridized carbons (Fsp3) is 0.304. The predicted molar refractivity (Wildman–Crippen MR) is 123 cm³/mol. The van der Waals surface area contributed by atoms with Gasteiger partial charge >= 0.3 is 0 Å². The lowest BCUT2D eigenvalue weighted by atomic mass is 10.1. The summed E-state index contributed by atoms with van der Waals surface area (Å²) in [6.07, 6.45) is 0. The van der Waals surface area contributed by atoms with Crippen LogP contribution in [0.2, 0.25) is 0 Å². The summed E-state index contributed by atoms with van der Waals surface area (Å²) >= 11 is 0. The van der Waals surface area contributed by atoms with Gasteiger partial charge in [-0.25, -0.2) is 18.1 Å². The zero-order valence-electron chi connectivity index (χ0n) is 17.9. The lowest BCUT2D eigenvalue weighted by Crippen LogP contribution is -2.40. The number of nitrogens with zero attached hydrogens (tertiary/aromatic N) is 2. The highest BCUT2D eigenvalue weighted by Crippen LogP contribution is 2.22. The summed E-state index contributed by atoms with van der Waals surface area (Å²) in [6.45, 7) is 4.57. The van der Waals surface area contributed by atoms with Gasteiger partial charge < -0.3 is 15.0 Å². The first kappa shape index (κ1) is 22.2. The van der Waals surface area contributed by atoms with Crippen molar-refractivity contribution in [2.24, 2.45) is 0 Å². The molecule has 0 bridgehead atoms. The number of hydrogen-bond acceptors (Lipinski definition) is 6. The number of pyridine rings is 1. The summed E-state index contributed by atoms with van der Waals surface area (Å²) < 4.78 is 32.8. The minimum Gasteiger partial charge on any atom is -0.378 e. The molecule has 2 heterocycles. The number of carbonyl (C=O) groups is 1.